The second kappa shape index (κ2) is 10.7. The highest BCUT2D eigenvalue weighted by molar-refractivity contribution is 7.99. The molecule has 2 heterocycles. The van der Waals surface area contributed by atoms with Gasteiger partial charge in [0.25, 0.3) is 17.7 Å². The molecule has 3 amide bonds. The molecule has 0 aliphatic carbocycles. The zero-order valence-electron chi connectivity index (χ0n) is 18.2. The average Bonchev–Trinajstić information content (AvgIpc) is 3.36. The lowest BCUT2D eigenvalue weighted by molar-refractivity contribution is -0.148. The minimum atomic E-state index is -0.339. The molecular formula is C25H26N2O5S. The summed E-state index contributed by atoms with van der Waals surface area (Å²) < 4.78 is 5.62. The van der Waals surface area contributed by atoms with Gasteiger partial charge in [0.2, 0.25) is 0 Å². The molecule has 1 N–H and O–H groups in total. The monoisotopic (exact) mass is 466 g/mol. The van der Waals surface area contributed by atoms with E-state index >= 15 is 0 Å². The van der Waals surface area contributed by atoms with Crippen molar-refractivity contribution < 1.29 is 23.9 Å². The number of fused-ring (bicyclic) bond motifs is 1. The summed E-state index contributed by atoms with van der Waals surface area (Å²) in [5.74, 6) is 0.399. The van der Waals surface area contributed by atoms with Crippen molar-refractivity contribution in [2.45, 2.75) is 37.8 Å². The van der Waals surface area contributed by atoms with Crippen LogP contribution in [0.25, 0.3) is 0 Å². The number of thioether (sulfide) groups is 1. The maximum Gasteiger partial charge on any atom is 0.306 e. The summed E-state index contributed by atoms with van der Waals surface area (Å²) in [6, 6.07) is 15.6. The lowest BCUT2D eigenvalue weighted by Gasteiger charge is -2.20. The molecule has 2 aromatic rings. The van der Waals surface area contributed by atoms with Gasteiger partial charge in [-0.2, -0.15) is 11.8 Å². The number of carbonyl (C=O) groups is 4. The summed E-state index contributed by atoms with van der Waals surface area (Å²) in [5, 5.41) is 2.97. The number of ether oxygens (including phenoxy) is 1. The summed E-state index contributed by atoms with van der Waals surface area (Å²) in [7, 11) is 0. The molecule has 0 saturated carbocycles. The SMILES string of the molecule is O=C(CCCCCN1C(=O)c2ccccc2C1=O)O[C@@H]1CSC[C@H]1NC(=O)c1ccccc1. The first kappa shape index (κ1) is 23.0. The fraction of sp³-hybridized carbons (Fsp3) is 0.360. The van der Waals surface area contributed by atoms with Gasteiger partial charge in [-0.15, -0.1) is 0 Å². The quantitative estimate of drug-likeness (QED) is 0.346. The highest BCUT2D eigenvalue weighted by atomic mass is 32.2. The summed E-state index contributed by atoms with van der Waals surface area (Å²) in [5.41, 5.74) is 1.49. The predicted molar refractivity (Wildman–Crippen MR) is 125 cm³/mol. The number of benzene rings is 2. The molecule has 33 heavy (non-hydrogen) atoms. The first-order valence-corrected chi connectivity index (χ1v) is 12.3. The number of hydrogen-bond donors (Lipinski definition) is 1. The normalized spacial score (nSPS) is 19.5. The van der Waals surface area contributed by atoms with Gasteiger partial charge in [-0.1, -0.05) is 36.8 Å². The highest BCUT2D eigenvalue weighted by Gasteiger charge is 2.35. The van der Waals surface area contributed by atoms with E-state index in [0.717, 1.165) is 0 Å². The molecule has 2 aromatic carbocycles. The van der Waals surface area contributed by atoms with Crippen LogP contribution in [-0.4, -0.2) is 58.8 Å². The van der Waals surface area contributed by atoms with Crippen molar-refractivity contribution in [2.24, 2.45) is 0 Å². The van der Waals surface area contributed by atoms with E-state index in [1.165, 1.54) is 4.90 Å². The van der Waals surface area contributed by atoms with Crippen LogP contribution >= 0.6 is 11.8 Å². The zero-order valence-corrected chi connectivity index (χ0v) is 19.0. The topological polar surface area (TPSA) is 92.8 Å². The van der Waals surface area contributed by atoms with Crippen LogP contribution < -0.4 is 5.32 Å². The van der Waals surface area contributed by atoms with E-state index in [9.17, 15) is 19.2 Å². The predicted octanol–water partition coefficient (Wildman–Crippen LogP) is 3.30. The zero-order chi connectivity index (χ0) is 23.2. The fourth-order valence-electron chi connectivity index (χ4n) is 4.01. The summed E-state index contributed by atoms with van der Waals surface area (Å²) in [6.07, 6.45) is 1.88. The lowest BCUT2D eigenvalue weighted by atomic mass is 10.1. The van der Waals surface area contributed by atoms with Crippen molar-refractivity contribution in [2.75, 3.05) is 18.1 Å². The number of rotatable bonds is 9. The summed E-state index contributed by atoms with van der Waals surface area (Å²) in [6.45, 7) is 0.342. The average molecular weight is 467 g/mol. The Balaban J connectivity index is 1.16. The Labute approximate surface area is 196 Å². The number of nitrogens with one attached hydrogen (secondary N) is 1. The number of imide groups is 1. The van der Waals surface area contributed by atoms with Gasteiger partial charge in [0, 0.05) is 30.0 Å². The smallest absolute Gasteiger partial charge is 0.306 e. The summed E-state index contributed by atoms with van der Waals surface area (Å²) >= 11 is 1.65. The van der Waals surface area contributed by atoms with Crippen molar-refractivity contribution >= 4 is 35.5 Å². The molecule has 0 unspecified atom stereocenters. The Hall–Kier alpha value is -3.13. The van der Waals surface area contributed by atoms with Crippen molar-refractivity contribution in [1.29, 1.82) is 0 Å². The van der Waals surface area contributed by atoms with E-state index in [1.54, 1.807) is 48.2 Å². The molecule has 2 aliphatic rings. The van der Waals surface area contributed by atoms with Gasteiger partial charge in [-0.25, -0.2) is 0 Å². The number of carbonyl (C=O) groups excluding carboxylic acids is 4. The molecule has 0 bridgehead atoms. The highest BCUT2D eigenvalue weighted by Crippen LogP contribution is 2.24. The molecule has 1 saturated heterocycles. The van der Waals surface area contributed by atoms with E-state index in [1.807, 2.05) is 18.2 Å². The van der Waals surface area contributed by atoms with E-state index in [4.69, 9.17) is 4.74 Å². The van der Waals surface area contributed by atoms with Gasteiger partial charge >= 0.3 is 5.97 Å². The van der Waals surface area contributed by atoms with Gasteiger partial charge in [0.1, 0.15) is 6.10 Å². The molecule has 2 atom stereocenters. The van der Waals surface area contributed by atoms with E-state index in [0.29, 0.717) is 54.0 Å². The van der Waals surface area contributed by atoms with Gasteiger partial charge in [0.15, 0.2) is 0 Å². The molecule has 4 rings (SSSR count). The molecule has 0 spiro atoms. The van der Waals surface area contributed by atoms with E-state index in [-0.39, 0.29) is 42.3 Å². The number of nitrogens with zero attached hydrogens (tertiary/aromatic N) is 1. The van der Waals surface area contributed by atoms with Crippen molar-refractivity contribution in [3.63, 3.8) is 0 Å². The molecule has 1 fully saturated rings. The third-order valence-electron chi connectivity index (χ3n) is 5.80. The first-order chi connectivity index (χ1) is 16.0. The second-order valence-electron chi connectivity index (χ2n) is 8.13. The van der Waals surface area contributed by atoms with Gasteiger partial charge < -0.3 is 10.1 Å². The first-order valence-electron chi connectivity index (χ1n) is 11.1. The van der Waals surface area contributed by atoms with Crippen LogP contribution in [0.2, 0.25) is 0 Å². The molecule has 0 aromatic heterocycles. The van der Waals surface area contributed by atoms with Gasteiger partial charge in [-0.3, -0.25) is 24.1 Å². The van der Waals surface area contributed by atoms with Crippen molar-refractivity contribution in [1.82, 2.24) is 10.2 Å². The van der Waals surface area contributed by atoms with Crippen LogP contribution in [0.1, 0.15) is 56.8 Å². The molecule has 172 valence electrons. The summed E-state index contributed by atoms with van der Waals surface area (Å²) in [4.78, 5) is 50.7. The molecule has 7 nitrogen and oxygen atoms in total. The van der Waals surface area contributed by atoms with Crippen molar-refractivity contribution in [3.8, 4) is 0 Å². The number of unbranched alkanes of at least 4 members (excludes halogenated alkanes) is 2. The number of esters is 1. The number of amides is 3. The van der Waals surface area contributed by atoms with Crippen LogP contribution in [0.4, 0.5) is 0 Å². The van der Waals surface area contributed by atoms with E-state index in [2.05, 4.69) is 5.32 Å². The Morgan fingerprint density at radius 1 is 0.909 bits per heavy atom. The largest absolute Gasteiger partial charge is 0.459 e. The molecule has 8 heteroatoms. The maximum atomic E-state index is 12.4. The van der Waals surface area contributed by atoms with Crippen LogP contribution in [0.3, 0.4) is 0 Å². The lowest BCUT2D eigenvalue weighted by Crippen LogP contribution is -2.44. The van der Waals surface area contributed by atoms with Gasteiger partial charge in [-0.05, 0) is 37.1 Å². The maximum absolute atomic E-state index is 12.4. The Morgan fingerprint density at radius 2 is 1.58 bits per heavy atom. The minimum absolute atomic E-state index is 0.169. The molecular weight excluding hydrogens is 440 g/mol. The fourth-order valence-corrected chi connectivity index (χ4v) is 5.23. The standard InChI is InChI=1S/C25H26N2O5S/c28-22(32-21-16-33-15-20(21)26-23(29)17-9-3-1-4-10-17)13-5-2-8-14-27-24(30)18-11-6-7-12-19(18)25(27)31/h1,3-4,6-7,9-12,20-21H,2,5,8,13-16H2,(H,26,29)/t20-,21-/m1/s1. The van der Waals surface area contributed by atoms with Crippen LogP contribution in [0.5, 0.6) is 0 Å². The molecule has 0 radical (unpaired) electrons. The molecule has 2 aliphatic heterocycles. The Kier molecular flexibility index (Phi) is 7.44. The number of hydrogen-bond acceptors (Lipinski definition) is 6. The van der Waals surface area contributed by atoms with Gasteiger partial charge in [0.05, 0.1) is 17.2 Å². The Bertz CT molecular complexity index is 1010. The van der Waals surface area contributed by atoms with Crippen LogP contribution in [-0.2, 0) is 9.53 Å². The van der Waals surface area contributed by atoms with E-state index < -0.39 is 0 Å². The van der Waals surface area contributed by atoms with Crippen LogP contribution in [0.15, 0.2) is 54.6 Å². The van der Waals surface area contributed by atoms with Crippen molar-refractivity contribution in [3.05, 3.63) is 71.3 Å². The van der Waals surface area contributed by atoms with Crippen LogP contribution in [0, 0.1) is 0 Å². The minimum Gasteiger partial charge on any atom is -0.459 e. The second-order valence-corrected chi connectivity index (χ2v) is 9.20. The third kappa shape index (κ3) is 5.45. The third-order valence-corrected chi connectivity index (χ3v) is 6.96. The Morgan fingerprint density at radius 3 is 2.27 bits per heavy atom.